The molecule has 0 spiro atoms. The molecule has 1 atom stereocenters. The predicted molar refractivity (Wildman–Crippen MR) is 71.1 cm³/mol. The number of piperidine rings is 1. The second-order valence-corrected chi connectivity index (χ2v) is 5.03. The van der Waals surface area contributed by atoms with Gasteiger partial charge in [0, 0.05) is 19.3 Å². The lowest BCUT2D eigenvalue weighted by Gasteiger charge is -2.29. The molecule has 0 aromatic carbocycles. The van der Waals surface area contributed by atoms with Crippen LogP contribution < -0.4 is 5.69 Å². The number of β-amino-alcohol motifs (C(OH)–C–C–N with tert-alkyl or cyclic N) is 1. The number of hydrogen-bond acceptors (Lipinski definition) is 4. The van der Waals surface area contributed by atoms with Crippen LogP contribution in [0.25, 0.3) is 5.65 Å². The lowest BCUT2D eigenvalue weighted by atomic mass is 10.1. The van der Waals surface area contributed by atoms with Crippen molar-refractivity contribution in [2.75, 3.05) is 19.6 Å². The summed E-state index contributed by atoms with van der Waals surface area (Å²) in [5.41, 5.74) is 0.569. The van der Waals surface area contributed by atoms with Crippen LogP contribution in [-0.4, -0.2) is 49.9 Å². The van der Waals surface area contributed by atoms with Gasteiger partial charge in [-0.15, -0.1) is 5.10 Å². The molecule has 6 heteroatoms. The normalized spacial score (nSPS) is 21.0. The molecule has 19 heavy (non-hydrogen) atoms. The second-order valence-electron chi connectivity index (χ2n) is 5.03. The maximum Gasteiger partial charge on any atom is 0.350 e. The fraction of sp³-hybridized carbons (Fsp3) is 0.538. The molecule has 0 aliphatic carbocycles. The van der Waals surface area contributed by atoms with Crippen LogP contribution in [0.3, 0.4) is 0 Å². The molecule has 1 aliphatic rings. The molecule has 3 rings (SSSR count). The van der Waals surface area contributed by atoms with Crippen LogP contribution in [0, 0.1) is 0 Å². The molecule has 6 nitrogen and oxygen atoms in total. The van der Waals surface area contributed by atoms with Crippen molar-refractivity contribution in [3.63, 3.8) is 0 Å². The van der Waals surface area contributed by atoms with Gasteiger partial charge in [0.25, 0.3) is 0 Å². The maximum absolute atomic E-state index is 12.1. The van der Waals surface area contributed by atoms with Crippen LogP contribution >= 0.6 is 0 Å². The van der Waals surface area contributed by atoms with Crippen molar-refractivity contribution in [2.45, 2.75) is 25.5 Å². The average molecular weight is 262 g/mol. The smallest absolute Gasteiger partial charge is 0.350 e. The molecule has 102 valence electrons. The molecule has 1 fully saturated rings. The molecule has 1 saturated heterocycles. The van der Waals surface area contributed by atoms with Gasteiger partial charge in [-0.3, -0.25) is 9.30 Å². The molecule has 3 heterocycles. The number of aliphatic hydroxyl groups is 1. The Hall–Kier alpha value is -1.66. The summed E-state index contributed by atoms with van der Waals surface area (Å²) in [4.78, 5) is 14.2. The van der Waals surface area contributed by atoms with Crippen LogP contribution in [0.15, 0.2) is 29.2 Å². The van der Waals surface area contributed by atoms with Gasteiger partial charge in [-0.2, -0.15) is 0 Å². The summed E-state index contributed by atoms with van der Waals surface area (Å²) in [6.45, 7) is 3.00. The first-order valence-corrected chi connectivity index (χ1v) is 6.69. The van der Waals surface area contributed by atoms with E-state index >= 15 is 0 Å². The number of aliphatic hydroxyl groups excluding tert-OH is 1. The van der Waals surface area contributed by atoms with E-state index in [1.54, 1.807) is 10.6 Å². The number of rotatable bonds is 3. The Morgan fingerprint density at radius 2 is 2.26 bits per heavy atom. The van der Waals surface area contributed by atoms with Crippen molar-refractivity contribution in [3.8, 4) is 0 Å². The van der Waals surface area contributed by atoms with Crippen molar-refractivity contribution < 1.29 is 5.11 Å². The van der Waals surface area contributed by atoms with Gasteiger partial charge < -0.3 is 5.11 Å². The summed E-state index contributed by atoms with van der Waals surface area (Å²) >= 11 is 0. The Kier molecular flexibility index (Phi) is 3.35. The van der Waals surface area contributed by atoms with Crippen LogP contribution in [0.2, 0.25) is 0 Å². The molecule has 0 bridgehead atoms. The fourth-order valence-electron chi connectivity index (χ4n) is 2.58. The standard InChI is InChI=1S/C13H18N4O2/c18-11-4-3-6-15(10-11)8-9-17-13(19)16-7-2-1-5-12(16)14-17/h1-2,5,7,11,18H,3-4,6,8-10H2/t11-/m0/s1. The van der Waals surface area contributed by atoms with E-state index in [4.69, 9.17) is 0 Å². The highest BCUT2D eigenvalue weighted by atomic mass is 16.3. The number of aromatic nitrogens is 3. The number of fused-ring (bicyclic) bond motifs is 1. The van der Waals surface area contributed by atoms with E-state index in [-0.39, 0.29) is 11.8 Å². The largest absolute Gasteiger partial charge is 0.392 e. The monoisotopic (exact) mass is 262 g/mol. The highest BCUT2D eigenvalue weighted by molar-refractivity contribution is 5.35. The number of likely N-dealkylation sites (tertiary alicyclic amines) is 1. The van der Waals surface area contributed by atoms with E-state index in [9.17, 15) is 9.90 Å². The van der Waals surface area contributed by atoms with Gasteiger partial charge >= 0.3 is 5.69 Å². The van der Waals surface area contributed by atoms with Crippen molar-refractivity contribution in [3.05, 3.63) is 34.9 Å². The van der Waals surface area contributed by atoms with Crippen LogP contribution in [0.5, 0.6) is 0 Å². The van der Waals surface area contributed by atoms with Gasteiger partial charge in [0.2, 0.25) is 0 Å². The third-order valence-electron chi connectivity index (χ3n) is 3.60. The second kappa shape index (κ2) is 5.14. The van der Waals surface area contributed by atoms with E-state index in [0.717, 1.165) is 25.9 Å². The van der Waals surface area contributed by atoms with E-state index in [0.29, 0.717) is 18.7 Å². The number of hydrogen-bond donors (Lipinski definition) is 1. The molecular weight excluding hydrogens is 244 g/mol. The van der Waals surface area contributed by atoms with Gasteiger partial charge in [0.05, 0.1) is 12.6 Å². The van der Waals surface area contributed by atoms with Crippen molar-refractivity contribution in [1.29, 1.82) is 0 Å². The zero-order valence-corrected chi connectivity index (χ0v) is 10.8. The molecule has 0 saturated carbocycles. The van der Waals surface area contributed by atoms with Gasteiger partial charge in [-0.25, -0.2) is 9.48 Å². The molecular formula is C13H18N4O2. The lowest BCUT2D eigenvalue weighted by Crippen LogP contribution is -2.40. The molecule has 1 N–H and O–H groups in total. The Morgan fingerprint density at radius 1 is 1.37 bits per heavy atom. The van der Waals surface area contributed by atoms with Crippen LogP contribution in [0.1, 0.15) is 12.8 Å². The molecule has 2 aromatic rings. The van der Waals surface area contributed by atoms with Crippen LogP contribution in [-0.2, 0) is 6.54 Å². The maximum atomic E-state index is 12.1. The minimum Gasteiger partial charge on any atom is -0.392 e. The summed E-state index contributed by atoms with van der Waals surface area (Å²) < 4.78 is 3.04. The average Bonchev–Trinajstić information content (AvgIpc) is 2.74. The van der Waals surface area contributed by atoms with Crippen molar-refractivity contribution in [2.24, 2.45) is 0 Å². The van der Waals surface area contributed by atoms with Gasteiger partial charge in [-0.05, 0) is 31.5 Å². The van der Waals surface area contributed by atoms with E-state index in [1.165, 1.54) is 4.68 Å². The number of nitrogens with zero attached hydrogens (tertiary/aromatic N) is 4. The quantitative estimate of drug-likeness (QED) is 0.842. The Balaban J connectivity index is 1.71. The summed E-state index contributed by atoms with van der Waals surface area (Å²) in [5.74, 6) is 0. The van der Waals surface area contributed by atoms with E-state index in [2.05, 4.69) is 10.00 Å². The Morgan fingerprint density at radius 3 is 3.05 bits per heavy atom. The van der Waals surface area contributed by atoms with Gasteiger partial charge in [0.1, 0.15) is 0 Å². The minimum atomic E-state index is -0.230. The van der Waals surface area contributed by atoms with E-state index in [1.807, 2.05) is 18.2 Å². The SMILES string of the molecule is O=c1n(CCN2CCC[C@H](O)C2)nc2ccccn12. The summed E-state index contributed by atoms with van der Waals surface area (Å²) in [6.07, 6.45) is 3.39. The fourth-order valence-corrected chi connectivity index (χ4v) is 2.58. The minimum absolute atomic E-state index is 0.104. The zero-order valence-electron chi connectivity index (χ0n) is 10.8. The third-order valence-corrected chi connectivity index (χ3v) is 3.60. The first kappa shape index (κ1) is 12.4. The topological polar surface area (TPSA) is 62.8 Å². The first-order chi connectivity index (χ1) is 9.24. The van der Waals surface area contributed by atoms with Gasteiger partial charge in [-0.1, -0.05) is 6.07 Å². The Labute approximate surface area is 110 Å². The summed E-state index contributed by atoms with van der Waals surface area (Å²) in [7, 11) is 0. The summed E-state index contributed by atoms with van der Waals surface area (Å²) in [6, 6.07) is 5.51. The molecule has 2 aromatic heterocycles. The predicted octanol–water partition coefficient (Wildman–Crippen LogP) is -0.0473. The van der Waals surface area contributed by atoms with Crippen molar-refractivity contribution in [1.82, 2.24) is 19.1 Å². The zero-order chi connectivity index (χ0) is 13.2. The molecule has 1 aliphatic heterocycles. The van der Waals surface area contributed by atoms with Gasteiger partial charge in [0.15, 0.2) is 5.65 Å². The highest BCUT2D eigenvalue weighted by Crippen LogP contribution is 2.09. The highest BCUT2D eigenvalue weighted by Gasteiger charge is 2.17. The Bertz CT molecular complexity index is 618. The third kappa shape index (κ3) is 2.54. The number of pyridine rings is 1. The molecule has 0 amide bonds. The molecule has 0 unspecified atom stereocenters. The first-order valence-electron chi connectivity index (χ1n) is 6.69. The lowest BCUT2D eigenvalue weighted by molar-refractivity contribution is 0.0682. The molecule has 0 radical (unpaired) electrons. The van der Waals surface area contributed by atoms with Crippen LogP contribution in [0.4, 0.5) is 0 Å². The summed E-state index contributed by atoms with van der Waals surface area (Å²) in [5, 5.41) is 13.9. The van der Waals surface area contributed by atoms with E-state index < -0.39 is 0 Å². The van der Waals surface area contributed by atoms with Crippen molar-refractivity contribution >= 4 is 5.65 Å².